The molecule has 104 valence electrons. The molecule has 3 N–H and O–H groups in total. The quantitative estimate of drug-likeness (QED) is 0.681. The molecule has 1 heterocycles. The molecule has 1 aliphatic rings. The lowest BCUT2D eigenvalue weighted by atomic mass is 10.1. The number of rotatable bonds is 7. The van der Waals surface area contributed by atoms with Gasteiger partial charge in [-0.3, -0.25) is 4.79 Å². The second kappa shape index (κ2) is 6.96. The van der Waals surface area contributed by atoms with Crippen LogP contribution in [-0.2, 0) is 16.1 Å². The van der Waals surface area contributed by atoms with E-state index in [4.69, 9.17) is 19.9 Å². The first-order valence-corrected chi connectivity index (χ1v) is 6.21. The highest BCUT2D eigenvalue weighted by molar-refractivity contribution is 5.74. The van der Waals surface area contributed by atoms with Crippen LogP contribution < -0.4 is 20.5 Å². The summed E-state index contributed by atoms with van der Waals surface area (Å²) in [6, 6.07) is 5.83. The van der Waals surface area contributed by atoms with Crippen molar-refractivity contribution in [1.29, 1.82) is 0 Å². The van der Waals surface area contributed by atoms with Crippen LogP contribution in [-0.4, -0.2) is 38.9 Å². The molecular formula is C13H18N2O4. The molecule has 0 radical (unpaired) electrons. The first-order chi connectivity index (χ1) is 9.27. The Morgan fingerprint density at radius 3 is 3.05 bits per heavy atom. The fraction of sp³-hybridized carbons (Fsp3) is 0.462. The molecule has 1 aromatic carbocycles. The van der Waals surface area contributed by atoms with Crippen molar-refractivity contribution in [3.63, 3.8) is 0 Å². The molecule has 1 aromatic rings. The molecule has 0 saturated carbocycles. The number of primary amides is 1. The smallest absolute Gasteiger partial charge is 0.243 e. The van der Waals surface area contributed by atoms with Crippen molar-refractivity contribution >= 4 is 5.91 Å². The molecule has 0 aliphatic carbocycles. The summed E-state index contributed by atoms with van der Waals surface area (Å²) >= 11 is 0. The van der Waals surface area contributed by atoms with Gasteiger partial charge in [-0.25, -0.2) is 0 Å². The number of nitrogens with one attached hydrogen (secondary N) is 1. The van der Waals surface area contributed by atoms with Gasteiger partial charge in [-0.05, 0) is 6.07 Å². The lowest BCUT2D eigenvalue weighted by molar-refractivity contribution is -0.122. The van der Waals surface area contributed by atoms with E-state index in [1.807, 2.05) is 18.2 Å². The average Bonchev–Trinajstić information content (AvgIpc) is 2.42. The van der Waals surface area contributed by atoms with Crippen LogP contribution in [0.4, 0.5) is 0 Å². The lowest BCUT2D eigenvalue weighted by Gasteiger charge is -2.21. The fourth-order valence-corrected chi connectivity index (χ4v) is 1.81. The molecule has 0 unspecified atom stereocenters. The van der Waals surface area contributed by atoms with Crippen LogP contribution in [0.5, 0.6) is 11.5 Å². The average molecular weight is 266 g/mol. The second-order valence-corrected chi connectivity index (χ2v) is 4.14. The van der Waals surface area contributed by atoms with Gasteiger partial charge in [0.2, 0.25) is 5.91 Å². The van der Waals surface area contributed by atoms with E-state index in [-0.39, 0.29) is 6.61 Å². The molecule has 2 rings (SSSR count). The highest BCUT2D eigenvalue weighted by Crippen LogP contribution is 2.33. The molecule has 0 atom stereocenters. The molecule has 0 fully saturated rings. The number of ether oxygens (including phenoxy) is 3. The molecule has 0 bridgehead atoms. The lowest BCUT2D eigenvalue weighted by Crippen LogP contribution is -2.24. The third-order valence-corrected chi connectivity index (χ3v) is 2.63. The summed E-state index contributed by atoms with van der Waals surface area (Å²) in [5.41, 5.74) is 6.01. The van der Waals surface area contributed by atoms with Crippen LogP contribution in [0.25, 0.3) is 0 Å². The summed E-state index contributed by atoms with van der Waals surface area (Å²) in [5, 5.41) is 3.21. The Balaban J connectivity index is 1.75. The Morgan fingerprint density at radius 1 is 1.37 bits per heavy atom. The van der Waals surface area contributed by atoms with E-state index in [9.17, 15) is 4.79 Å². The number of nitrogens with two attached hydrogens (primary N) is 1. The molecule has 0 saturated heterocycles. The maximum Gasteiger partial charge on any atom is 0.243 e. The van der Waals surface area contributed by atoms with Crippen LogP contribution in [0.2, 0.25) is 0 Å². The van der Waals surface area contributed by atoms with Crippen molar-refractivity contribution in [2.75, 3.05) is 33.0 Å². The Kier molecular flexibility index (Phi) is 5.00. The standard InChI is InChI=1S/C13H18N2O4/c14-12(16)9-17-5-4-15-8-10-2-1-3-11-13(10)19-7-6-18-11/h1-3,15H,4-9H2,(H2,14,16). The zero-order valence-corrected chi connectivity index (χ0v) is 10.7. The minimum atomic E-state index is -0.456. The van der Waals surface area contributed by atoms with Crippen LogP contribution in [0, 0.1) is 0 Å². The summed E-state index contributed by atoms with van der Waals surface area (Å²) in [5.74, 6) is 1.14. The van der Waals surface area contributed by atoms with Gasteiger partial charge in [0.25, 0.3) is 0 Å². The number of para-hydroxylation sites is 1. The number of carbonyl (C=O) groups excluding carboxylic acids is 1. The van der Waals surface area contributed by atoms with Crippen LogP contribution in [0.15, 0.2) is 18.2 Å². The first-order valence-electron chi connectivity index (χ1n) is 6.21. The van der Waals surface area contributed by atoms with Crippen molar-refractivity contribution in [3.05, 3.63) is 23.8 Å². The van der Waals surface area contributed by atoms with Crippen molar-refractivity contribution in [2.45, 2.75) is 6.54 Å². The maximum atomic E-state index is 10.5. The minimum absolute atomic E-state index is 0.0423. The van der Waals surface area contributed by atoms with Gasteiger partial charge < -0.3 is 25.3 Å². The molecule has 6 heteroatoms. The monoisotopic (exact) mass is 266 g/mol. The summed E-state index contributed by atoms with van der Waals surface area (Å²) in [6.07, 6.45) is 0. The van der Waals surface area contributed by atoms with Gasteiger partial charge in [0.05, 0.1) is 6.61 Å². The van der Waals surface area contributed by atoms with Gasteiger partial charge in [-0.15, -0.1) is 0 Å². The molecule has 0 aromatic heterocycles. The predicted octanol–water partition coefficient (Wildman–Crippen LogP) is 0.0493. The predicted molar refractivity (Wildman–Crippen MR) is 69.2 cm³/mol. The number of amides is 1. The summed E-state index contributed by atoms with van der Waals surface area (Å²) in [4.78, 5) is 10.5. The van der Waals surface area contributed by atoms with Crippen LogP contribution in [0.1, 0.15) is 5.56 Å². The van der Waals surface area contributed by atoms with E-state index < -0.39 is 5.91 Å². The number of hydrogen-bond acceptors (Lipinski definition) is 5. The molecular weight excluding hydrogens is 248 g/mol. The van der Waals surface area contributed by atoms with Crippen molar-refractivity contribution in [3.8, 4) is 11.5 Å². The molecule has 1 aliphatic heterocycles. The van der Waals surface area contributed by atoms with Gasteiger partial charge >= 0.3 is 0 Å². The fourth-order valence-electron chi connectivity index (χ4n) is 1.81. The normalized spacial score (nSPS) is 13.3. The van der Waals surface area contributed by atoms with Crippen molar-refractivity contribution in [1.82, 2.24) is 5.32 Å². The van der Waals surface area contributed by atoms with E-state index >= 15 is 0 Å². The first kappa shape index (κ1) is 13.6. The summed E-state index contributed by atoms with van der Waals surface area (Å²) in [7, 11) is 0. The highest BCUT2D eigenvalue weighted by Gasteiger charge is 2.14. The Bertz CT molecular complexity index is 437. The van der Waals surface area contributed by atoms with Crippen LogP contribution in [0.3, 0.4) is 0 Å². The van der Waals surface area contributed by atoms with E-state index in [0.29, 0.717) is 32.9 Å². The summed E-state index contributed by atoms with van der Waals surface area (Å²) in [6.45, 7) is 2.86. The minimum Gasteiger partial charge on any atom is -0.486 e. The topological polar surface area (TPSA) is 82.8 Å². The zero-order valence-electron chi connectivity index (χ0n) is 10.7. The van der Waals surface area contributed by atoms with Gasteiger partial charge in [0.1, 0.15) is 19.8 Å². The number of hydrogen-bond donors (Lipinski definition) is 2. The van der Waals surface area contributed by atoms with Gasteiger partial charge in [-0.1, -0.05) is 12.1 Å². The molecule has 6 nitrogen and oxygen atoms in total. The SMILES string of the molecule is NC(=O)COCCNCc1cccc2c1OCCO2. The van der Waals surface area contributed by atoms with E-state index in [2.05, 4.69) is 5.32 Å². The molecule has 1 amide bonds. The Morgan fingerprint density at radius 2 is 2.21 bits per heavy atom. The maximum absolute atomic E-state index is 10.5. The number of carbonyl (C=O) groups is 1. The van der Waals surface area contributed by atoms with Gasteiger partial charge in [-0.2, -0.15) is 0 Å². The third-order valence-electron chi connectivity index (χ3n) is 2.63. The molecule has 0 spiro atoms. The van der Waals surface area contributed by atoms with E-state index in [1.54, 1.807) is 0 Å². The van der Waals surface area contributed by atoms with E-state index in [0.717, 1.165) is 17.1 Å². The molecule has 19 heavy (non-hydrogen) atoms. The summed E-state index contributed by atoms with van der Waals surface area (Å²) < 4.78 is 16.2. The zero-order chi connectivity index (χ0) is 13.5. The highest BCUT2D eigenvalue weighted by atomic mass is 16.6. The third kappa shape index (κ3) is 4.11. The van der Waals surface area contributed by atoms with E-state index in [1.165, 1.54) is 0 Å². The Labute approximate surface area is 111 Å². The van der Waals surface area contributed by atoms with Gasteiger partial charge in [0, 0.05) is 18.7 Å². The van der Waals surface area contributed by atoms with Gasteiger partial charge in [0.15, 0.2) is 11.5 Å². The van der Waals surface area contributed by atoms with Crippen LogP contribution >= 0.6 is 0 Å². The number of fused-ring (bicyclic) bond motifs is 1. The van der Waals surface area contributed by atoms with Crippen molar-refractivity contribution < 1.29 is 19.0 Å². The second-order valence-electron chi connectivity index (χ2n) is 4.14. The number of benzene rings is 1. The Hall–Kier alpha value is -1.79. The largest absolute Gasteiger partial charge is 0.486 e. The van der Waals surface area contributed by atoms with Crippen molar-refractivity contribution in [2.24, 2.45) is 5.73 Å².